The number of hydrogen-bond donors (Lipinski definition) is 2. The summed E-state index contributed by atoms with van der Waals surface area (Å²) in [6.45, 7) is 9.08. The van der Waals surface area contributed by atoms with E-state index in [1.165, 1.54) is 5.69 Å². The molecule has 2 aromatic rings. The highest BCUT2D eigenvalue weighted by atomic mass is 16.5. The first-order valence-corrected chi connectivity index (χ1v) is 9.06. The molecule has 140 valence electrons. The number of methoxy groups -OCH3 is 1. The van der Waals surface area contributed by atoms with Crippen LogP contribution >= 0.6 is 0 Å². The van der Waals surface area contributed by atoms with Gasteiger partial charge in [0.15, 0.2) is 0 Å². The van der Waals surface area contributed by atoms with Crippen LogP contribution in [0.1, 0.15) is 25.0 Å². The molecule has 0 unspecified atom stereocenters. The predicted octanol–water partition coefficient (Wildman–Crippen LogP) is 3.58. The van der Waals surface area contributed by atoms with Crippen LogP contribution < -0.4 is 20.3 Å². The highest BCUT2D eigenvalue weighted by Crippen LogP contribution is 2.22. The molecule has 0 aliphatic heterocycles. The maximum Gasteiger partial charge on any atom is 0.239 e. The zero-order chi connectivity index (χ0) is 18.9. The average molecular weight is 355 g/mol. The van der Waals surface area contributed by atoms with Gasteiger partial charge in [0, 0.05) is 31.0 Å². The van der Waals surface area contributed by atoms with E-state index >= 15 is 0 Å². The van der Waals surface area contributed by atoms with Crippen molar-refractivity contribution in [2.24, 2.45) is 0 Å². The molecule has 26 heavy (non-hydrogen) atoms. The number of hydrogen-bond acceptors (Lipinski definition) is 4. The number of ether oxygens (including phenoxy) is 1. The molecule has 5 nitrogen and oxygen atoms in total. The van der Waals surface area contributed by atoms with Crippen LogP contribution in [-0.2, 0) is 11.3 Å². The van der Waals surface area contributed by atoms with Gasteiger partial charge < -0.3 is 20.3 Å². The van der Waals surface area contributed by atoms with Crippen molar-refractivity contribution < 1.29 is 9.53 Å². The second-order valence-electron chi connectivity index (χ2n) is 6.15. The summed E-state index contributed by atoms with van der Waals surface area (Å²) in [4.78, 5) is 14.4. The monoisotopic (exact) mass is 355 g/mol. The normalized spacial score (nSPS) is 10.3. The third kappa shape index (κ3) is 5.41. The lowest BCUT2D eigenvalue weighted by atomic mass is 10.1. The number of carbonyl (C=O) groups excluding carboxylic acids is 1. The first-order chi connectivity index (χ1) is 12.6. The van der Waals surface area contributed by atoms with Crippen LogP contribution in [0.5, 0.6) is 5.75 Å². The molecule has 2 aromatic carbocycles. The van der Waals surface area contributed by atoms with Crippen LogP contribution in [0, 0.1) is 6.92 Å². The molecule has 2 rings (SSSR count). The van der Waals surface area contributed by atoms with Crippen molar-refractivity contribution in [3.63, 3.8) is 0 Å². The summed E-state index contributed by atoms with van der Waals surface area (Å²) in [6.07, 6.45) is 0. The Morgan fingerprint density at radius 1 is 1.08 bits per heavy atom. The minimum absolute atomic E-state index is 0.0342. The maximum atomic E-state index is 12.1. The standard InChI is InChI=1S/C21H29N3O2/c1-5-24(6-2)18-9-12-20(16(3)13-18)22-15-21(25)23-14-17-7-10-19(26-4)11-8-17/h7-13,22H,5-6,14-15H2,1-4H3,(H,23,25). The molecule has 0 saturated heterocycles. The highest BCUT2D eigenvalue weighted by molar-refractivity contribution is 5.81. The zero-order valence-electron chi connectivity index (χ0n) is 16.1. The molecular weight excluding hydrogens is 326 g/mol. The quantitative estimate of drug-likeness (QED) is 0.722. The number of benzene rings is 2. The molecule has 0 aromatic heterocycles. The van der Waals surface area contributed by atoms with E-state index in [0.717, 1.165) is 35.7 Å². The molecule has 0 aliphatic carbocycles. The fraction of sp³-hybridized carbons (Fsp3) is 0.381. The Balaban J connectivity index is 1.84. The number of carbonyl (C=O) groups is 1. The van der Waals surface area contributed by atoms with E-state index in [1.807, 2.05) is 30.3 Å². The van der Waals surface area contributed by atoms with Crippen LogP contribution in [0.2, 0.25) is 0 Å². The van der Waals surface area contributed by atoms with E-state index < -0.39 is 0 Å². The molecule has 1 amide bonds. The van der Waals surface area contributed by atoms with Gasteiger partial charge in [0.05, 0.1) is 13.7 Å². The van der Waals surface area contributed by atoms with Gasteiger partial charge >= 0.3 is 0 Å². The van der Waals surface area contributed by atoms with Gasteiger partial charge in [-0.25, -0.2) is 0 Å². The highest BCUT2D eigenvalue weighted by Gasteiger charge is 2.07. The molecule has 2 N–H and O–H groups in total. The Morgan fingerprint density at radius 2 is 1.77 bits per heavy atom. The minimum atomic E-state index is -0.0342. The summed E-state index contributed by atoms with van der Waals surface area (Å²) >= 11 is 0. The number of nitrogens with zero attached hydrogens (tertiary/aromatic N) is 1. The van der Waals surface area contributed by atoms with E-state index in [1.54, 1.807) is 7.11 Å². The molecule has 0 heterocycles. The van der Waals surface area contributed by atoms with E-state index in [-0.39, 0.29) is 12.5 Å². The second kappa shape index (κ2) is 9.70. The minimum Gasteiger partial charge on any atom is -0.497 e. The third-order valence-corrected chi connectivity index (χ3v) is 4.43. The number of aryl methyl sites for hydroxylation is 1. The third-order valence-electron chi connectivity index (χ3n) is 4.43. The van der Waals surface area contributed by atoms with Gasteiger partial charge in [0.25, 0.3) is 0 Å². The summed E-state index contributed by atoms with van der Waals surface area (Å²) in [7, 11) is 1.64. The molecule has 0 atom stereocenters. The van der Waals surface area contributed by atoms with Crippen LogP contribution in [0.3, 0.4) is 0 Å². The van der Waals surface area contributed by atoms with Crippen LogP contribution in [-0.4, -0.2) is 32.7 Å². The van der Waals surface area contributed by atoms with Gasteiger partial charge in [-0.15, -0.1) is 0 Å². The smallest absolute Gasteiger partial charge is 0.239 e. The summed E-state index contributed by atoms with van der Waals surface area (Å²) in [5, 5.41) is 6.14. The lowest BCUT2D eigenvalue weighted by Crippen LogP contribution is -2.29. The summed E-state index contributed by atoms with van der Waals surface area (Å²) in [6, 6.07) is 14.0. The van der Waals surface area contributed by atoms with Crippen molar-refractivity contribution in [2.75, 3.05) is 37.0 Å². The van der Waals surface area contributed by atoms with Crippen molar-refractivity contribution >= 4 is 17.3 Å². The lowest BCUT2D eigenvalue weighted by molar-refractivity contribution is -0.119. The van der Waals surface area contributed by atoms with Crippen molar-refractivity contribution in [2.45, 2.75) is 27.3 Å². The molecule has 0 radical (unpaired) electrons. The molecular formula is C21H29N3O2. The molecule has 0 bridgehead atoms. The number of nitrogens with one attached hydrogen (secondary N) is 2. The molecule has 0 fully saturated rings. The fourth-order valence-corrected chi connectivity index (χ4v) is 2.81. The van der Waals surface area contributed by atoms with Gasteiger partial charge in [0.2, 0.25) is 5.91 Å². The number of anilines is 2. The second-order valence-corrected chi connectivity index (χ2v) is 6.15. The van der Waals surface area contributed by atoms with E-state index in [9.17, 15) is 4.79 Å². The zero-order valence-corrected chi connectivity index (χ0v) is 16.1. The topological polar surface area (TPSA) is 53.6 Å². The Labute approximate surface area is 156 Å². The Kier molecular flexibility index (Phi) is 7.33. The SMILES string of the molecule is CCN(CC)c1ccc(NCC(=O)NCc2ccc(OC)cc2)c(C)c1. The first-order valence-electron chi connectivity index (χ1n) is 9.06. The molecule has 0 spiro atoms. The van der Waals surface area contributed by atoms with Gasteiger partial charge in [-0.1, -0.05) is 12.1 Å². The largest absolute Gasteiger partial charge is 0.497 e. The van der Waals surface area contributed by atoms with Crippen LogP contribution in [0.25, 0.3) is 0 Å². The number of rotatable bonds is 9. The molecule has 0 saturated carbocycles. The van der Waals surface area contributed by atoms with Gasteiger partial charge in [-0.3, -0.25) is 4.79 Å². The van der Waals surface area contributed by atoms with Crippen molar-refractivity contribution in [1.29, 1.82) is 0 Å². The first kappa shape index (κ1) is 19.6. The Morgan fingerprint density at radius 3 is 2.35 bits per heavy atom. The summed E-state index contributed by atoms with van der Waals surface area (Å²) in [5.74, 6) is 0.776. The lowest BCUT2D eigenvalue weighted by Gasteiger charge is -2.22. The van der Waals surface area contributed by atoms with Crippen molar-refractivity contribution in [3.05, 3.63) is 53.6 Å². The van der Waals surface area contributed by atoms with Gasteiger partial charge in [0.1, 0.15) is 5.75 Å². The van der Waals surface area contributed by atoms with Gasteiger partial charge in [-0.2, -0.15) is 0 Å². The van der Waals surface area contributed by atoms with Crippen LogP contribution in [0.15, 0.2) is 42.5 Å². The Bertz CT molecular complexity index is 710. The maximum absolute atomic E-state index is 12.1. The average Bonchev–Trinajstić information content (AvgIpc) is 2.67. The van der Waals surface area contributed by atoms with Crippen LogP contribution in [0.4, 0.5) is 11.4 Å². The molecule has 5 heteroatoms. The van der Waals surface area contributed by atoms with E-state index in [4.69, 9.17) is 4.74 Å². The van der Waals surface area contributed by atoms with Crippen molar-refractivity contribution in [1.82, 2.24) is 5.32 Å². The molecule has 0 aliphatic rings. The van der Waals surface area contributed by atoms with Crippen molar-refractivity contribution in [3.8, 4) is 5.75 Å². The predicted molar refractivity (Wildman–Crippen MR) is 108 cm³/mol. The summed E-state index contributed by atoms with van der Waals surface area (Å²) in [5.41, 5.74) is 4.37. The number of amides is 1. The summed E-state index contributed by atoms with van der Waals surface area (Å²) < 4.78 is 5.13. The Hall–Kier alpha value is -2.69. The van der Waals surface area contributed by atoms with Gasteiger partial charge in [-0.05, 0) is 62.2 Å². The van der Waals surface area contributed by atoms with E-state index in [2.05, 4.69) is 48.4 Å². The van der Waals surface area contributed by atoms with E-state index in [0.29, 0.717) is 6.54 Å². The fourth-order valence-electron chi connectivity index (χ4n) is 2.81.